The Bertz CT molecular complexity index is 1000. The average molecular weight is 435 g/mol. The monoisotopic (exact) mass is 434 g/mol. The van der Waals surface area contributed by atoms with Gasteiger partial charge in [-0.25, -0.2) is 0 Å². The van der Waals surface area contributed by atoms with Gasteiger partial charge in [-0.15, -0.1) is 0 Å². The highest BCUT2D eigenvalue weighted by Crippen LogP contribution is 2.26. The molecular formula is C23H19BrN2O2. The first-order chi connectivity index (χ1) is 13.6. The fraction of sp³-hybridized carbons (Fsp3) is 0.130. The molecule has 1 atom stereocenters. The molecule has 0 fully saturated rings. The molecule has 0 saturated carbocycles. The van der Waals surface area contributed by atoms with E-state index in [1.807, 2.05) is 66.7 Å². The first-order valence-corrected chi connectivity index (χ1v) is 9.90. The summed E-state index contributed by atoms with van der Waals surface area (Å²) in [5.41, 5.74) is 3.48. The van der Waals surface area contributed by atoms with E-state index in [1.54, 1.807) is 17.0 Å². The lowest BCUT2D eigenvalue weighted by atomic mass is 9.92. The molecule has 4 rings (SSSR count). The molecule has 0 bridgehead atoms. The first kappa shape index (κ1) is 18.4. The van der Waals surface area contributed by atoms with Crippen LogP contribution >= 0.6 is 15.9 Å². The van der Waals surface area contributed by atoms with Gasteiger partial charge in [0.1, 0.15) is 6.04 Å². The van der Waals surface area contributed by atoms with Crippen molar-refractivity contribution in [3.8, 4) is 0 Å². The minimum absolute atomic E-state index is 0.133. The van der Waals surface area contributed by atoms with Gasteiger partial charge >= 0.3 is 0 Å². The van der Waals surface area contributed by atoms with Gasteiger partial charge in [0.05, 0.1) is 0 Å². The number of fused-ring (bicyclic) bond motifs is 1. The molecule has 28 heavy (non-hydrogen) atoms. The molecular weight excluding hydrogens is 416 g/mol. The summed E-state index contributed by atoms with van der Waals surface area (Å²) in [4.78, 5) is 27.9. The van der Waals surface area contributed by atoms with Gasteiger partial charge in [0, 0.05) is 28.7 Å². The van der Waals surface area contributed by atoms with E-state index in [-0.39, 0.29) is 11.8 Å². The zero-order valence-electron chi connectivity index (χ0n) is 15.1. The number of halogens is 1. The maximum Gasteiger partial charge on any atom is 0.254 e. The lowest BCUT2D eigenvalue weighted by Gasteiger charge is -2.36. The summed E-state index contributed by atoms with van der Waals surface area (Å²) >= 11 is 3.40. The summed E-state index contributed by atoms with van der Waals surface area (Å²) in [6.45, 7) is 0.419. The molecule has 0 radical (unpaired) electrons. The van der Waals surface area contributed by atoms with Gasteiger partial charge in [0.25, 0.3) is 5.91 Å². The summed E-state index contributed by atoms with van der Waals surface area (Å²) in [5.74, 6) is -0.313. The van der Waals surface area contributed by atoms with Crippen molar-refractivity contribution in [3.05, 3.63) is 100 Å². The van der Waals surface area contributed by atoms with E-state index in [2.05, 4.69) is 21.2 Å². The number of hydrogen-bond donors (Lipinski definition) is 1. The van der Waals surface area contributed by atoms with Crippen molar-refractivity contribution in [2.45, 2.75) is 19.0 Å². The second-order valence-corrected chi connectivity index (χ2v) is 7.70. The Morgan fingerprint density at radius 3 is 2.21 bits per heavy atom. The van der Waals surface area contributed by atoms with Crippen molar-refractivity contribution in [2.24, 2.45) is 0 Å². The SMILES string of the molecule is O=C(Nc1ccc(Br)cc1)[C@@H]1Cc2ccccc2CN1C(=O)c1ccccc1. The number of hydrogen-bond acceptors (Lipinski definition) is 2. The Labute approximate surface area is 172 Å². The van der Waals surface area contributed by atoms with Crippen LogP contribution in [0.5, 0.6) is 0 Å². The molecule has 1 aliphatic heterocycles. The molecule has 140 valence electrons. The van der Waals surface area contributed by atoms with Crippen LogP contribution in [0.15, 0.2) is 83.3 Å². The predicted molar refractivity (Wildman–Crippen MR) is 113 cm³/mol. The van der Waals surface area contributed by atoms with Crippen LogP contribution in [0, 0.1) is 0 Å². The second-order valence-electron chi connectivity index (χ2n) is 6.78. The van der Waals surface area contributed by atoms with E-state index in [1.165, 1.54) is 0 Å². The molecule has 5 heteroatoms. The lowest BCUT2D eigenvalue weighted by molar-refractivity contribution is -0.121. The molecule has 0 spiro atoms. The van der Waals surface area contributed by atoms with E-state index in [0.717, 1.165) is 15.6 Å². The maximum atomic E-state index is 13.2. The van der Waals surface area contributed by atoms with Crippen LogP contribution < -0.4 is 5.32 Å². The van der Waals surface area contributed by atoms with Crippen molar-refractivity contribution in [2.75, 3.05) is 5.32 Å². The van der Waals surface area contributed by atoms with Crippen LogP contribution in [0.2, 0.25) is 0 Å². The number of nitrogens with one attached hydrogen (secondary N) is 1. The Kier molecular flexibility index (Phi) is 5.26. The van der Waals surface area contributed by atoms with Crippen LogP contribution in [0.1, 0.15) is 21.5 Å². The third-order valence-electron chi connectivity index (χ3n) is 4.94. The van der Waals surface area contributed by atoms with Gasteiger partial charge < -0.3 is 10.2 Å². The molecule has 3 aromatic carbocycles. The number of carbonyl (C=O) groups is 2. The Morgan fingerprint density at radius 2 is 1.50 bits per heavy atom. The van der Waals surface area contributed by atoms with Crippen molar-refractivity contribution in [1.82, 2.24) is 4.90 Å². The van der Waals surface area contributed by atoms with E-state index in [4.69, 9.17) is 0 Å². The third-order valence-corrected chi connectivity index (χ3v) is 5.47. The first-order valence-electron chi connectivity index (χ1n) is 9.11. The lowest BCUT2D eigenvalue weighted by Crippen LogP contribution is -2.50. The minimum Gasteiger partial charge on any atom is -0.324 e. The smallest absolute Gasteiger partial charge is 0.254 e. The summed E-state index contributed by atoms with van der Waals surface area (Å²) in [5, 5.41) is 2.95. The fourth-order valence-corrected chi connectivity index (χ4v) is 3.74. The van der Waals surface area contributed by atoms with Crippen molar-refractivity contribution < 1.29 is 9.59 Å². The van der Waals surface area contributed by atoms with Crippen LogP contribution in [-0.4, -0.2) is 22.8 Å². The van der Waals surface area contributed by atoms with Crippen LogP contribution in [0.3, 0.4) is 0 Å². The molecule has 0 aliphatic carbocycles. The maximum absolute atomic E-state index is 13.2. The standard InChI is InChI=1S/C23H19BrN2O2/c24-19-10-12-20(13-11-19)25-22(27)21-14-17-8-4-5-9-18(17)15-26(21)23(28)16-6-2-1-3-7-16/h1-13,21H,14-15H2,(H,25,27)/t21-/m0/s1. The van der Waals surface area contributed by atoms with Crippen LogP contribution in [-0.2, 0) is 17.8 Å². The number of anilines is 1. The number of rotatable bonds is 3. The molecule has 1 heterocycles. The molecule has 0 saturated heterocycles. The quantitative estimate of drug-likeness (QED) is 0.651. The predicted octanol–water partition coefficient (Wildman–Crippen LogP) is 4.65. The summed E-state index contributed by atoms with van der Waals surface area (Å²) < 4.78 is 0.943. The summed E-state index contributed by atoms with van der Waals surface area (Å²) in [6.07, 6.45) is 0.497. The van der Waals surface area contributed by atoms with Crippen molar-refractivity contribution in [3.63, 3.8) is 0 Å². The minimum atomic E-state index is -0.564. The number of nitrogens with zero attached hydrogens (tertiary/aromatic N) is 1. The number of carbonyl (C=O) groups excluding carboxylic acids is 2. The zero-order chi connectivity index (χ0) is 19.5. The van der Waals surface area contributed by atoms with Gasteiger partial charge in [-0.2, -0.15) is 0 Å². The largest absolute Gasteiger partial charge is 0.324 e. The molecule has 2 amide bonds. The molecule has 1 aliphatic rings. The number of amides is 2. The Hall–Kier alpha value is -2.92. The third kappa shape index (κ3) is 3.85. The Morgan fingerprint density at radius 1 is 0.857 bits per heavy atom. The number of benzene rings is 3. The topological polar surface area (TPSA) is 49.4 Å². The van der Waals surface area contributed by atoms with Crippen molar-refractivity contribution >= 4 is 33.4 Å². The fourth-order valence-electron chi connectivity index (χ4n) is 3.48. The van der Waals surface area contributed by atoms with Gasteiger partial charge in [-0.05, 0) is 47.5 Å². The molecule has 1 N–H and O–H groups in total. The van der Waals surface area contributed by atoms with E-state index < -0.39 is 6.04 Å². The van der Waals surface area contributed by atoms with E-state index >= 15 is 0 Å². The second kappa shape index (κ2) is 7.98. The van der Waals surface area contributed by atoms with E-state index in [9.17, 15) is 9.59 Å². The molecule has 3 aromatic rings. The molecule has 0 aromatic heterocycles. The highest BCUT2D eigenvalue weighted by atomic mass is 79.9. The highest BCUT2D eigenvalue weighted by molar-refractivity contribution is 9.10. The van der Waals surface area contributed by atoms with E-state index in [0.29, 0.717) is 24.2 Å². The summed E-state index contributed by atoms with van der Waals surface area (Å²) in [6, 6.07) is 23.9. The van der Waals surface area contributed by atoms with Crippen molar-refractivity contribution in [1.29, 1.82) is 0 Å². The average Bonchev–Trinajstić information content (AvgIpc) is 2.74. The van der Waals surface area contributed by atoms with Crippen LogP contribution in [0.4, 0.5) is 5.69 Å². The summed E-state index contributed by atoms with van der Waals surface area (Å²) in [7, 11) is 0. The molecule has 0 unspecified atom stereocenters. The van der Waals surface area contributed by atoms with Gasteiger partial charge in [-0.3, -0.25) is 9.59 Å². The highest BCUT2D eigenvalue weighted by Gasteiger charge is 2.35. The molecule has 4 nitrogen and oxygen atoms in total. The van der Waals surface area contributed by atoms with Gasteiger partial charge in [0.2, 0.25) is 5.91 Å². The van der Waals surface area contributed by atoms with Gasteiger partial charge in [-0.1, -0.05) is 58.4 Å². The Balaban J connectivity index is 1.64. The van der Waals surface area contributed by atoms with Gasteiger partial charge in [0.15, 0.2) is 0 Å². The normalized spacial score (nSPS) is 15.6. The zero-order valence-corrected chi connectivity index (χ0v) is 16.7. The van der Waals surface area contributed by atoms with Crippen LogP contribution in [0.25, 0.3) is 0 Å².